The monoisotopic (exact) mass is 549 g/mol. The van der Waals surface area contributed by atoms with Crippen molar-refractivity contribution in [3.63, 3.8) is 0 Å². The molecule has 1 atom stereocenters. The SMILES string of the molecule is CCOc1cc(C2C(C(N)=O)=C(C)Nc3nc(-c4ccc(Cl)c(Cl)c4)nn32)ccc1OCc1ccccc1. The summed E-state index contributed by atoms with van der Waals surface area (Å²) in [6.07, 6.45) is 0. The lowest BCUT2D eigenvalue weighted by atomic mass is 9.95. The highest BCUT2D eigenvalue weighted by Crippen LogP contribution is 2.40. The van der Waals surface area contributed by atoms with Crippen molar-refractivity contribution in [2.45, 2.75) is 26.5 Å². The van der Waals surface area contributed by atoms with Crippen molar-refractivity contribution < 1.29 is 14.3 Å². The van der Waals surface area contributed by atoms with Crippen LogP contribution in [0.1, 0.15) is 31.0 Å². The minimum absolute atomic E-state index is 0.364. The van der Waals surface area contributed by atoms with Crippen molar-refractivity contribution in [1.29, 1.82) is 0 Å². The lowest BCUT2D eigenvalue weighted by molar-refractivity contribution is -0.115. The average Bonchev–Trinajstić information content (AvgIpc) is 3.33. The zero-order chi connectivity index (χ0) is 26.8. The molecule has 0 bridgehead atoms. The van der Waals surface area contributed by atoms with Gasteiger partial charge in [0.2, 0.25) is 11.9 Å². The Hall–Kier alpha value is -4.01. The number of nitrogens with two attached hydrogens (primary N) is 1. The summed E-state index contributed by atoms with van der Waals surface area (Å²) in [7, 11) is 0. The van der Waals surface area contributed by atoms with E-state index < -0.39 is 11.9 Å². The molecule has 3 N–H and O–H groups in total. The third-order valence-electron chi connectivity index (χ3n) is 6.12. The molecule has 10 heteroatoms. The minimum atomic E-state index is -0.643. The van der Waals surface area contributed by atoms with E-state index in [0.717, 1.165) is 11.1 Å². The van der Waals surface area contributed by atoms with Gasteiger partial charge in [0.05, 0.1) is 22.2 Å². The van der Waals surface area contributed by atoms with Gasteiger partial charge in [-0.05, 0) is 55.3 Å². The normalized spacial score (nSPS) is 14.6. The molecule has 0 saturated heterocycles. The molecule has 38 heavy (non-hydrogen) atoms. The fourth-order valence-electron chi connectivity index (χ4n) is 4.35. The van der Waals surface area contributed by atoms with Crippen LogP contribution in [0.25, 0.3) is 11.4 Å². The number of allylic oxidation sites excluding steroid dienone is 1. The summed E-state index contributed by atoms with van der Waals surface area (Å²) < 4.78 is 13.6. The van der Waals surface area contributed by atoms with Gasteiger partial charge in [-0.15, -0.1) is 5.10 Å². The van der Waals surface area contributed by atoms with Crippen LogP contribution in [0.4, 0.5) is 5.95 Å². The molecule has 0 spiro atoms. The number of hydrogen-bond donors (Lipinski definition) is 2. The number of anilines is 1. The summed E-state index contributed by atoms with van der Waals surface area (Å²) in [5, 5.41) is 8.69. The van der Waals surface area contributed by atoms with Gasteiger partial charge in [-0.3, -0.25) is 4.79 Å². The molecular formula is C28H25Cl2N5O3. The number of ether oxygens (including phenoxy) is 2. The summed E-state index contributed by atoms with van der Waals surface area (Å²) >= 11 is 12.3. The molecule has 8 nitrogen and oxygen atoms in total. The van der Waals surface area contributed by atoms with Crippen molar-refractivity contribution >= 4 is 35.1 Å². The van der Waals surface area contributed by atoms with Crippen LogP contribution < -0.4 is 20.5 Å². The van der Waals surface area contributed by atoms with Crippen LogP contribution in [-0.4, -0.2) is 27.3 Å². The number of amides is 1. The van der Waals surface area contributed by atoms with Gasteiger partial charge in [0.1, 0.15) is 12.6 Å². The number of carbonyl (C=O) groups excluding carboxylic acids is 1. The Balaban J connectivity index is 1.56. The number of aromatic nitrogens is 3. The molecule has 5 rings (SSSR count). The van der Waals surface area contributed by atoms with E-state index in [2.05, 4.69) is 10.3 Å². The highest BCUT2D eigenvalue weighted by Gasteiger charge is 2.34. The van der Waals surface area contributed by atoms with E-state index in [1.165, 1.54) is 0 Å². The fraction of sp³-hybridized carbons (Fsp3) is 0.179. The van der Waals surface area contributed by atoms with E-state index in [9.17, 15) is 4.79 Å². The van der Waals surface area contributed by atoms with Gasteiger partial charge in [0.25, 0.3) is 0 Å². The number of benzene rings is 3. The maximum atomic E-state index is 12.6. The second-order valence-electron chi connectivity index (χ2n) is 8.68. The maximum absolute atomic E-state index is 12.6. The molecule has 2 heterocycles. The predicted molar refractivity (Wildman–Crippen MR) is 148 cm³/mol. The van der Waals surface area contributed by atoms with Crippen LogP contribution >= 0.6 is 23.2 Å². The molecule has 1 aliphatic rings. The van der Waals surface area contributed by atoms with E-state index in [0.29, 0.717) is 63.4 Å². The largest absolute Gasteiger partial charge is 0.490 e. The Morgan fingerprint density at radius 2 is 1.82 bits per heavy atom. The van der Waals surface area contributed by atoms with Gasteiger partial charge in [-0.1, -0.05) is 59.6 Å². The number of nitrogens with zero attached hydrogens (tertiary/aromatic N) is 3. The fourth-order valence-corrected chi connectivity index (χ4v) is 4.65. The standard InChI is InChI=1S/C28H25Cl2N5O3/c1-3-37-23-14-18(10-12-22(23)38-15-17-7-5-4-6-8-17)25-24(26(31)36)16(2)32-28-33-27(34-35(25)28)19-9-11-20(29)21(30)13-19/h4-14,25H,3,15H2,1-2H3,(H2,31,36)(H,32,33,34). The third-order valence-corrected chi connectivity index (χ3v) is 6.86. The van der Waals surface area contributed by atoms with Crippen molar-refractivity contribution in [3.8, 4) is 22.9 Å². The van der Waals surface area contributed by atoms with E-state index in [1.807, 2.05) is 55.5 Å². The minimum Gasteiger partial charge on any atom is -0.490 e. The summed E-state index contributed by atoms with van der Waals surface area (Å²) in [5.41, 5.74) is 9.26. The molecule has 3 aromatic carbocycles. The lowest BCUT2D eigenvalue weighted by Gasteiger charge is -2.28. The first kappa shape index (κ1) is 25.6. The number of carbonyl (C=O) groups is 1. The lowest BCUT2D eigenvalue weighted by Crippen LogP contribution is -2.31. The van der Waals surface area contributed by atoms with Gasteiger partial charge in [-0.25, -0.2) is 4.68 Å². The second-order valence-corrected chi connectivity index (χ2v) is 9.49. The zero-order valence-electron chi connectivity index (χ0n) is 20.7. The summed E-state index contributed by atoms with van der Waals surface area (Å²) in [5.74, 6) is 1.44. The molecular weight excluding hydrogens is 525 g/mol. The molecule has 1 amide bonds. The Morgan fingerprint density at radius 1 is 1.03 bits per heavy atom. The Kier molecular flexibility index (Phi) is 7.26. The van der Waals surface area contributed by atoms with Gasteiger partial charge in [-0.2, -0.15) is 4.98 Å². The van der Waals surface area contributed by atoms with E-state index in [4.69, 9.17) is 43.5 Å². The highest BCUT2D eigenvalue weighted by molar-refractivity contribution is 6.42. The van der Waals surface area contributed by atoms with Crippen LogP contribution in [0, 0.1) is 0 Å². The third kappa shape index (κ3) is 5.05. The molecule has 1 aromatic heterocycles. The molecule has 4 aromatic rings. The maximum Gasteiger partial charge on any atom is 0.248 e. The number of halogens is 2. The Labute approximate surface area is 230 Å². The van der Waals surface area contributed by atoms with E-state index >= 15 is 0 Å². The first-order chi connectivity index (χ1) is 18.4. The molecule has 1 aliphatic heterocycles. The highest BCUT2D eigenvalue weighted by atomic mass is 35.5. The van der Waals surface area contributed by atoms with Gasteiger partial charge >= 0.3 is 0 Å². The number of primary amides is 1. The van der Waals surface area contributed by atoms with Crippen LogP contribution in [0.2, 0.25) is 10.0 Å². The van der Waals surface area contributed by atoms with Gasteiger partial charge < -0.3 is 20.5 Å². The second kappa shape index (κ2) is 10.8. The van der Waals surface area contributed by atoms with Crippen LogP contribution in [0.15, 0.2) is 78.0 Å². The summed E-state index contributed by atoms with van der Waals surface area (Å²) in [6, 6.07) is 19.9. The van der Waals surface area contributed by atoms with Crippen molar-refractivity contribution in [1.82, 2.24) is 14.8 Å². The van der Waals surface area contributed by atoms with Crippen molar-refractivity contribution in [3.05, 3.63) is 99.2 Å². The number of hydrogen-bond acceptors (Lipinski definition) is 6. The van der Waals surface area contributed by atoms with Crippen LogP contribution in [0.5, 0.6) is 11.5 Å². The Morgan fingerprint density at radius 3 is 2.53 bits per heavy atom. The van der Waals surface area contributed by atoms with Gasteiger partial charge in [0, 0.05) is 11.3 Å². The van der Waals surface area contributed by atoms with E-state index in [1.54, 1.807) is 29.8 Å². The molecule has 1 unspecified atom stereocenters. The first-order valence-corrected chi connectivity index (χ1v) is 12.7. The van der Waals surface area contributed by atoms with E-state index in [-0.39, 0.29) is 0 Å². The van der Waals surface area contributed by atoms with Crippen LogP contribution in [-0.2, 0) is 11.4 Å². The molecule has 0 fully saturated rings. The number of rotatable bonds is 8. The topological polar surface area (TPSA) is 104 Å². The zero-order valence-corrected chi connectivity index (χ0v) is 22.3. The summed E-state index contributed by atoms with van der Waals surface area (Å²) in [6.45, 7) is 4.51. The first-order valence-electron chi connectivity index (χ1n) is 12.0. The van der Waals surface area contributed by atoms with Gasteiger partial charge in [0.15, 0.2) is 17.3 Å². The number of nitrogens with one attached hydrogen (secondary N) is 1. The summed E-state index contributed by atoms with van der Waals surface area (Å²) in [4.78, 5) is 17.3. The van der Waals surface area contributed by atoms with Crippen LogP contribution in [0.3, 0.4) is 0 Å². The molecule has 0 aliphatic carbocycles. The molecule has 0 radical (unpaired) electrons. The smallest absolute Gasteiger partial charge is 0.248 e. The average molecular weight is 550 g/mol. The Bertz CT molecular complexity index is 1530. The molecule has 194 valence electrons. The quantitative estimate of drug-likeness (QED) is 0.279. The van der Waals surface area contributed by atoms with Crippen molar-refractivity contribution in [2.75, 3.05) is 11.9 Å². The van der Waals surface area contributed by atoms with Crippen molar-refractivity contribution in [2.24, 2.45) is 5.73 Å². The number of fused-ring (bicyclic) bond motifs is 1. The molecule has 0 saturated carbocycles. The predicted octanol–water partition coefficient (Wildman–Crippen LogP) is 6.00.